The van der Waals surface area contributed by atoms with Crippen LogP contribution >= 0.6 is 69.6 Å². The lowest BCUT2D eigenvalue weighted by molar-refractivity contribution is 0.0553. The van der Waals surface area contributed by atoms with E-state index in [0.717, 1.165) is 32.1 Å². The lowest BCUT2D eigenvalue weighted by atomic mass is 10.0. The second-order valence-electron chi connectivity index (χ2n) is 17.5. The number of phenolic OH excluding ortho intramolecular Hbond substituents is 1. The molecule has 4 aliphatic heterocycles. The zero-order valence-electron chi connectivity index (χ0n) is 39.5. The summed E-state index contributed by atoms with van der Waals surface area (Å²) in [7, 11) is 2.71. The van der Waals surface area contributed by atoms with Crippen LogP contribution in [0, 0.1) is 0 Å². The first kappa shape index (κ1) is 53.5. The van der Waals surface area contributed by atoms with E-state index in [1.807, 2.05) is 60.7 Å². The summed E-state index contributed by atoms with van der Waals surface area (Å²) < 4.78 is 30.6. The predicted molar refractivity (Wildman–Crippen MR) is 281 cm³/mol. The van der Waals surface area contributed by atoms with E-state index in [0.29, 0.717) is 11.1 Å². The van der Waals surface area contributed by atoms with Gasteiger partial charge in [-0.25, -0.2) is 19.4 Å². The number of amides is 4. The smallest absolute Gasteiger partial charge is 0.416 e. The normalized spacial score (nSPS) is 19.2. The molecular weight excluding hydrogens is 1100 g/mol. The molecule has 4 atom stereocenters. The number of methoxy groups -OCH3 is 2. The van der Waals surface area contributed by atoms with E-state index < -0.39 is 69.3 Å². The number of anilines is 2. The molecule has 0 aromatic heterocycles. The van der Waals surface area contributed by atoms with E-state index in [-0.39, 0.29) is 77.3 Å². The fraction of sp³-hybridized carbons (Fsp3) is 0.269. The van der Waals surface area contributed by atoms with Gasteiger partial charge < -0.3 is 53.5 Å². The quantitative estimate of drug-likeness (QED) is 0.0999. The maximum Gasteiger partial charge on any atom is 0.416 e. The number of aliphatic hydroxyl groups is 2. The SMILES string of the molecule is COc1cc2c(cc1OCc1cc(O)cc(COc3cc4c(cc3OC)C(=O)N3C=C(c5ccccc5)C[C@H]3C(O)N4C(=O)OCC(Cl)(Cl)Cl)c1)N(C(=O)OCC(Cl)(Cl)Cl)C(O)[C@H]1CC(c3ccccc3)=CN1C2=O. The molecule has 75 heavy (non-hydrogen) atoms. The monoisotopic (exact) mass is 1140 g/mol. The van der Waals surface area contributed by atoms with Crippen molar-refractivity contribution < 1.29 is 62.9 Å². The van der Waals surface area contributed by atoms with Crippen LogP contribution in [0.1, 0.15) is 55.8 Å². The standard InChI is InChI=1S/C52H44Cl6N4O13/c1-70-41-18-35-37(61(49(68)74-26-51(53,54)55)47(66)39-16-32(22-59(39)45(35)64)30-9-5-3-6-10-30)20-43(41)72-24-28-13-29(15-34(63)14-28)25-73-44-21-38-36(19-42(44)71-2)46(65)60-23-33(31-11-7-4-8-12-31)17-40(60)48(67)62(38)50(69)75-27-52(56,57)58/h3-15,18-23,39-40,47-48,63,66-67H,16-17,24-27H2,1-2H3/t39-,40+,47?,48?. The number of aliphatic hydroxyl groups excluding tert-OH is 2. The fourth-order valence-electron chi connectivity index (χ4n) is 9.25. The van der Waals surface area contributed by atoms with Crippen molar-refractivity contribution >= 4 is 116 Å². The van der Waals surface area contributed by atoms with Gasteiger partial charge in [0.05, 0.1) is 48.8 Å². The molecule has 4 aliphatic rings. The number of rotatable bonds is 12. The number of alkyl halides is 6. The number of ether oxygens (including phenoxy) is 6. The summed E-state index contributed by atoms with van der Waals surface area (Å²) in [4.78, 5) is 61.1. The Bertz CT molecular complexity index is 2900. The van der Waals surface area contributed by atoms with Crippen molar-refractivity contribution in [3.05, 3.63) is 149 Å². The Kier molecular flexibility index (Phi) is 15.5. The third kappa shape index (κ3) is 11.5. The highest BCUT2D eigenvalue weighted by Crippen LogP contribution is 2.46. The van der Waals surface area contributed by atoms with Gasteiger partial charge in [-0.3, -0.25) is 9.59 Å². The van der Waals surface area contributed by atoms with E-state index in [1.165, 1.54) is 60.4 Å². The van der Waals surface area contributed by atoms with Gasteiger partial charge in [0.1, 0.15) is 32.2 Å². The van der Waals surface area contributed by atoms with Gasteiger partial charge in [-0.05, 0) is 76.6 Å². The number of phenols is 1. The van der Waals surface area contributed by atoms with Crippen molar-refractivity contribution in [1.29, 1.82) is 0 Å². The Hall–Kier alpha value is -6.28. The third-order valence-electron chi connectivity index (χ3n) is 12.6. The first-order valence-corrected chi connectivity index (χ1v) is 25.1. The number of carbonyl (C=O) groups excluding carboxylic acids is 4. The fourth-order valence-corrected chi connectivity index (χ4v) is 9.58. The summed E-state index contributed by atoms with van der Waals surface area (Å²) in [5, 5.41) is 34.9. The molecule has 0 saturated heterocycles. The lowest BCUT2D eigenvalue weighted by Gasteiger charge is -2.32. The minimum absolute atomic E-state index is 0.0229. The average Bonchev–Trinajstić information content (AvgIpc) is 4.04. The molecule has 392 valence electrons. The zero-order chi connectivity index (χ0) is 53.5. The van der Waals surface area contributed by atoms with Crippen LogP contribution in [0.15, 0.2) is 116 Å². The van der Waals surface area contributed by atoms with Gasteiger partial charge in [-0.1, -0.05) is 130 Å². The maximum atomic E-state index is 14.4. The van der Waals surface area contributed by atoms with Crippen molar-refractivity contribution in [3.8, 4) is 28.7 Å². The highest BCUT2D eigenvalue weighted by molar-refractivity contribution is 6.68. The Morgan fingerprint density at radius 3 is 1.32 bits per heavy atom. The second kappa shape index (κ2) is 21.8. The molecule has 0 bridgehead atoms. The summed E-state index contributed by atoms with van der Waals surface area (Å²) in [5.74, 6) is -1.09. The van der Waals surface area contributed by atoms with Crippen molar-refractivity contribution in [2.24, 2.45) is 0 Å². The Morgan fingerprint density at radius 1 is 0.573 bits per heavy atom. The highest BCUT2D eigenvalue weighted by atomic mass is 35.6. The van der Waals surface area contributed by atoms with E-state index >= 15 is 0 Å². The molecule has 0 spiro atoms. The van der Waals surface area contributed by atoms with E-state index in [2.05, 4.69) is 0 Å². The zero-order valence-corrected chi connectivity index (χ0v) is 44.0. The number of fused-ring (bicyclic) bond motifs is 4. The number of halogens is 6. The molecule has 4 amide bonds. The largest absolute Gasteiger partial charge is 0.508 e. The molecule has 0 radical (unpaired) electrons. The molecular formula is C52H44Cl6N4O13. The molecule has 9 rings (SSSR count). The van der Waals surface area contributed by atoms with Crippen LogP contribution in [0.5, 0.6) is 28.7 Å². The van der Waals surface area contributed by atoms with Crippen molar-refractivity contribution in [1.82, 2.24) is 9.80 Å². The second-order valence-corrected chi connectivity index (χ2v) is 22.6. The third-order valence-corrected chi connectivity index (χ3v) is 13.3. The number of nitrogens with zero attached hydrogens (tertiary/aromatic N) is 4. The first-order chi connectivity index (χ1) is 35.7. The van der Waals surface area contributed by atoms with E-state index in [1.54, 1.807) is 18.5 Å². The lowest BCUT2D eigenvalue weighted by Crippen LogP contribution is -2.50. The Labute approximate surface area is 459 Å². The van der Waals surface area contributed by atoms with Crippen LogP contribution in [-0.4, -0.2) is 109 Å². The van der Waals surface area contributed by atoms with Crippen molar-refractivity contribution in [2.75, 3.05) is 37.2 Å². The summed E-state index contributed by atoms with van der Waals surface area (Å²) >= 11 is 35.6. The van der Waals surface area contributed by atoms with Crippen LogP contribution in [-0.2, 0) is 22.7 Å². The number of hydrogen-bond acceptors (Lipinski definition) is 13. The minimum atomic E-state index is -2.00. The topological polar surface area (TPSA) is 197 Å². The van der Waals surface area contributed by atoms with Gasteiger partial charge in [-0.15, -0.1) is 0 Å². The van der Waals surface area contributed by atoms with Gasteiger partial charge in [0, 0.05) is 24.5 Å². The van der Waals surface area contributed by atoms with Crippen molar-refractivity contribution in [2.45, 2.75) is 58.2 Å². The van der Waals surface area contributed by atoms with Gasteiger partial charge in [0.15, 0.2) is 35.5 Å². The summed E-state index contributed by atoms with van der Waals surface area (Å²) in [6, 6.07) is 26.6. The first-order valence-electron chi connectivity index (χ1n) is 22.8. The molecule has 5 aromatic carbocycles. The molecule has 0 fully saturated rings. The van der Waals surface area contributed by atoms with Crippen LogP contribution in [0.3, 0.4) is 0 Å². The Balaban J connectivity index is 0.995. The number of carbonyl (C=O) groups is 4. The Morgan fingerprint density at radius 2 is 0.960 bits per heavy atom. The van der Waals surface area contributed by atoms with Crippen LogP contribution in [0.25, 0.3) is 11.1 Å². The van der Waals surface area contributed by atoms with E-state index in [4.69, 9.17) is 98.0 Å². The maximum absolute atomic E-state index is 14.4. The summed E-state index contributed by atoms with van der Waals surface area (Å²) in [6.45, 7) is -1.83. The molecule has 2 unspecified atom stereocenters. The van der Waals surface area contributed by atoms with E-state index in [9.17, 15) is 34.5 Å². The summed E-state index contributed by atoms with van der Waals surface area (Å²) in [5.41, 5.74) is 3.65. The molecule has 17 nitrogen and oxygen atoms in total. The predicted octanol–water partition coefficient (Wildman–Crippen LogP) is 10.4. The summed E-state index contributed by atoms with van der Waals surface area (Å²) in [6.07, 6.45) is -1.97. The molecule has 0 aliphatic carbocycles. The van der Waals surface area contributed by atoms with Gasteiger partial charge >= 0.3 is 12.2 Å². The highest BCUT2D eigenvalue weighted by Gasteiger charge is 2.48. The molecule has 4 heterocycles. The van der Waals surface area contributed by atoms with Gasteiger partial charge in [0.25, 0.3) is 11.8 Å². The minimum Gasteiger partial charge on any atom is -0.508 e. The molecule has 5 aromatic rings. The van der Waals surface area contributed by atoms with Crippen LogP contribution in [0.4, 0.5) is 21.0 Å². The van der Waals surface area contributed by atoms with Crippen LogP contribution in [0.2, 0.25) is 0 Å². The number of aromatic hydroxyl groups is 1. The average molecular weight is 1150 g/mol. The molecule has 0 saturated carbocycles. The molecule has 3 N–H and O–H groups in total. The number of benzene rings is 5. The van der Waals surface area contributed by atoms with Crippen LogP contribution < -0.4 is 28.7 Å². The van der Waals surface area contributed by atoms with Gasteiger partial charge in [-0.2, -0.15) is 0 Å². The van der Waals surface area contributed by atoms with Gasteiger partial charge in [0.2, 0.25) is 7.59 Å². The number of hydrogen-bond donors (Lipinski definition) is 3. The molecule has 23 heteroatoms. The van der Waals surface area contributed by atoms with Crippen molar-refractivity contribution in [3.63, 3.8) is 0 Å².